The number of aromatic hydroxyl groups is 1. The summed E-state index contributed by atoms with van der Waals surface area (Å²) in [6.07, 6.45) is 0. The highest BCUT2D eigenvalue weighted by Crippen LogP contribution is 2.21. The number of Topliss-reactive ketones (excluding diaryl/α,β-unsaturated/α-hetero) is 1. The number of ketones is 1. The molecule has 7 nitrogen and oxygen atoms in total. The maximum atomic E-state index is 11.1. The van der Waals surface area contributed by atoms with Crippen molar-refractivity contribution >= 4 is 27.1 Å². The SMILES string of the molecule is CC(=O)c1cc2ccccc2nc1O.O=S(=O)(O)O. The number of aromatic nitrogens is 1. The van der Waals surface area contributed by atoms with Gasteiger partial charge in [-0.25, -0.2) is 4.98 Å². The van der Waals surface area contributed by atoms with E-state index >= 15 is 0 Å². The van der Waals surface area contributed by atoms with Crippen molar-refractivity contribution in [2.45, 2.75) is 6.92 Å². The van der Waals surface area contributed by atoms with Crippen LogP contribution >= 0.6 is 0 Å². The van der Waals surface area contributed by atoms with Crippen LogP contribution < -0.4 is 0 Å². The summed E-state index contributed by atoms with van der Waals surface area (Å²) in [6, 6.07) is 9.00. The number of rotatable bonds is 1. The Morgan fingerprint density at radius 3 is 2.26 bits per heavy atom. The molecular weight excluding hydrogens is 274 g/mol. The van der Waals surface area contributed by atoms with Crippen LogP contribution in [0.1, 0.15) is 17.3 Å². The topological polar surface area (TPSA) is 125 Å². The fraction of sp³-hybridized carbons (Fsp3) is 0.0909. The lowest BCUT2D eigenvalue weighted by atomic mass is 10.1. The van der Waals surface area contributed by atoms with E-state index in [0.717, 1.165) is 5.39 Å². The van der Waals surface area contributed by atoms with Gasteiger partial charge >= 0.3 is 10.4 Å². The molecule has 8 heteroatoms. The molecule has 1 aromatic heterocycles. The van der Waals surface area contributed by atoms with Gasteiger partial charge in [0.2, 0.25) is 5.88 Å². The Bertz CT molecular complexity index is 702. The van der Waals surface area contributed by atoms with E-state index in [0.29, 0.717) is 5.52 Å². The van der Waals surface area contributed by atoms with Crippen LogP contribution in [0.15, 0.2) is 30.3 Å². The predicted octanol–water partition coefficient (Wildman–Crippen LogP) is 1.49. The first-order valence-electron chi connectivity index (χ1n) is 4.98. The van der Waals surface area contributed by atoms with Crippen LogP contribution in [0.5, 0.6) is 5.88 Å². The summed E-state index contributed by atoms with van der Waals surface area (Å²) in [5.41, 5.74) is 0.957. The van der Waals surface area contributed by atoms with E-state index in [-0.39, 0.29) is 17.2 Å². The molecule has 1 aromatic carbocycles. The van der Waals surface area contributed by atoms with Crippen molar-refractivity contribution in [1.82, 2.24) is 4.98 Å². The van der Waals surface area contributed by atoms with Crippen molar-refractivity contribution in [1.29, 1.82) is 0 Å². The van der Waals surface area contributed by atoms with E-state index in [1.54, 1.807) is 12.1 Å². The van der Waals surface area contributed by atoms with Gasteiger partial charge < -0.3 is 5.11 Å². The molecule has 102 valence electrons. The minimum absolute atomic E-state index is 0.180. The van der Waals surface area contributed by atoms with Gasteiger partial charge in [-0.05, 0) is 19.1 Å². The smallest absolute Gasteiger partial charge is 0.394 e. The first-order valence-corrected chi connectivity index (χ1v) is 6.38. The lowest BCUT2D eigenvalue weighted by Crippen LogP contribution is -1.94. The number of pyridine rings is 1. The molecule has 2 rings (SSSR count). The molecule has 3 N–H and O–H groups in total. The number of hydrogen-bond acceptors (Lipinski definition) is 5. The number of carbonyl (C=O) groups is 1. The predicted molar refractivity (Wildman–Crippen MR) is 67.6 cm³/mol. The molecule has 0 aliphatic heterocycles. The highest BCUT2D eigenvalue weighted by Gasteiger charge is 2.08. The number of nitrogens with zero attached hydrogens (tertiary/aromatic N) is 1. The zero-order valence-electron chi connectivity index (χ0n) is 9.81. The Morgan fingerprint density at radius 2 is 1.74 bits per heavy atom. The van der Waals surface area contributed by atoms with Crippen molar-refractivity contribution in [3.05, 3.63) is 35.9 Å². The molecule has 19 heavy (non-hydrogen) atoms. The molecule has 0 saturated carbocycles. The molecule has 0 radical (unpaired) electrons. The monoisotopic (exact) mass is 285 g/mol. The molecule has 2 aromatic rings. The molecular formula is C11H11NO6S. The van der Waals surface area contributed by atoms with Crippen LogP contribution in [0.25, 0.3) is 10.9 Å². The first kappa shape index (κ1) is 15.0. The van der Waals surface area contributed by atoms with Gasteiger partial charge in [0.15, 0.2) is 5.78 Å². The van der Waals surface area contributed by atoms with Crippen molar-refractivity contribution in [2.75, 3.05) is 0 Å². The van der Waals surface area contributed by atoms with Gasteiger partial charge in [-0.1, -0.05) is 18.2 Å². The van der Waals surface area contributed by atoms with Gasteiger partial charge in [-0.3, -0.25) is 13.9 Å². The fourth-order valence-corrected chi connectivity index (χ4v) is 1.36. The number of fused-ring (bicyclic) bond motifs is 1. The molecule has 0 saturated heterocycles. The standard InChI is InChI=1S/C11H9NO2.H2O4S/c1-7(13)9-6-8-4-2-3-5-10(8)12-11(9)14;1-5(2,3)4/h2-6H,1H3,(H,12,14);(H2,1,2,3,4). The van der Waals surface area contributed by atoms with E-state index < -0.39 is 10.4 Å². The third-order valence-corrected chi connectivity index (χ3v) is 2.08. The minimum atomic E-state index is -4.67. The van der Waals surface area contributed by atoms with Crippen LogP contribution in [0.4, 0.5) is 0 Å². The zero-order chi connectivity index (χ0) is 14.6. The Kier molecular flexibility index (Phi) is 4.54. The maximum Gasteiger partial charge on any atom is 0.394 e. The van der Waals surface area contributed by atoms with Gasteiger partial charge in [-0.15, -0.1) is 0 Å². The molecule has 0 spiro atoms. The Labute approximate surface area is 109 Å². The molecule has 0 bridgehead atoms. The first-order chi connectivity index (χ1) is 8.68. The molecule has 0 atom stereocenters. The van der Waals surface area contributed by atoms with E-state index in [2.05, 4.69) is 4.98 Å². The third kappa shape index (κ3) is 5.00. The van der Waals surface area contributed by atoms with Crippen LogP contribution in [-0.2, 0) is 10.4 Å². The van der Waals surface area contributed by atoms with E-state index in [9.17, 15) is 9.90 Å². The van der Waals surface area contributed by atoms with Crippen molar-refractivity contribution in [3.63, 3.8) is 0 Å². The van der Waals surface area contributed by atoms with E-state index in [4.69, 9.17) is 17.5 Å². The summed E-state index contributed by atoms with van der Waals surface area (Å²) >= 11 is 0. The maximum absolute atomic E-state index is 11.1. The normalized spacial score (nSPS) is 10.7. The van der Waals surface area contributed by atoms with Crippen LogP contribution in [0.2, 0.25) is 0 Å². The highest BCUT2D eigenvalue weighted by molar-refractivity contribution is 7.79. The van der Waals surface area contributed by atoms with E-state index in [1.807, 2.05) is 18.2 Å². The fourth-order valence-electron chi connectivity index (χ4n) is 1.36. The number of carbonyl (C=O) groups excluding carboxylic acids is 1. The van der Waals surface area contributed by atoms with Crippen LogP contribution in [-0.4, -0.2) is 33.4 Å². The van der Waals surface area contributed by atoms with Crippen molar-refractivity contribution < 1.29 is 27.4 Å². The average molecular weight is 285 g/mol. The second-order valence-corrected chi connectivity index (χ2v) is 4.45. The average Bonchev–Trinajstić information content (AvgIpc) is 2.25. The highest BCUT2D eigenvalue weighted by atomic mass is 32.3. The molecule has 0 fully saturated rings. The molecule has 1 heterocycles. The summed E-state index contributed by atoms with van der Waals surface area (Å²) in [5.74, 6) is -0.378. The van der Waals surface area contributed by atoms with Gasteiger partial charge in [0.05, 0.1) is 11.1 Å². The molecule has 0 unspecified atom stereocenters. The van der Waals surface area contributed by atoms with Crippen molar-refractivity contribution in [3.8, 4) is 5.88 Å². The quantitative estimate of drug-likeness (QED) is 0.535. The lowest BCUT2D eigenvalue weighted by Gasteiger charge is -2.02. The van der Waals surface area contributed by atoms with Crippen molar-refractivity contribution in [2.24, 2.45) is 0 Å². The third-order valence-electron chi connectivity index (χ3n) is 2.08. The van der Waals surface area contributed by atoms with Crippen LogP contribution in [0.3, 0.4) is 0 Å². The summed E-state index contributed by atoms with van der Waals surface area (Å²) in [5, 5.41) is 10.3. The Morgan fingerprint density at radius 1 is 1.21 bits per heavy atom. The lowest BCUT2D eigenvalue weighted by molar-refractivity contribution is 0.101. The summed E-state index contributed by atoms with van der Waals surface area (Å²) in [4.78, 5) is 15.0. The van der Waals surface area contributed by atoms with Gasteiger partial charge in [0.1, 0.15) is 0 Å². The van der Waals surface area contributed by atoms with Crippen LogP contribution in [0, 0.1) is 0 Å². The van der Waals surface area contributed by atoms with Gasteiger partial charge in [0.25, 0.3) is 0 Å². The minimum Gasteiger partial charge on any atom is -0.493 e. The molecule has 0 aliphatic rings. The molecule has 0 aliphatic carbocycles. The summed E-state index contributed by atoms with van der Waals surface area (Å²) < 4.78 is 31.6. The second-order valence-electron chi connectivity index (χ2n) is 3.56. The number of benzene rings is 1. The van der Waals surface area contributed by atoms with Gasteiger partial charge in [-0.2, -0.15) is 8.42 Å². The Balaban J connectivity index is 0.000000312. The summed E-state index contributed by atoms with van der Waals surface area (Å²) in [6.45, 7) is 1.41. The van der Waals surface area contributed by atoms with Gasteiger partial charge in [0, 0.05) is 5.39 Å². The number of para-hydroxylation sites is 1. The summed E-state index contributed by atoms with van der Waals surface area (Å²) in [7, 11) is -4.67. The van der Waals surface area contributed by atoms with E-state index in [1.165, 1.54) is 6.92 Å². The second kappa shape index (κ2) is 5.74. The Hall–Kier alpha value is -2.03. The molecule has 0 amide bonds. The largest absolute Gasteiger partial charge is 0.493 e. The zero-order valence-corrected chi connectivity index (χ0v) is 10.6. The number of hydrogen-bond donors (Lipinski definition) is 3.